The summed E-state index contributed by atoms with van der Waals surface area (Å²) in [6.45, 7) is 2.28. The van der Waals surface area contributed by atoms with Crippen LogP contribution in [-0.2, 0) is 4.79 Å². The Balaban J connectivity index is 1.57. The molecule has 2 aromatic carbocycles. The predicted molar refractivity (Wildman–Crippen MR) is 131 cm³/mol. The Labute approximate surface area is 208 Å². The smallest absolute Gasteiger partial charge is 0.254 e. The van der Waals surface area contributed by atoms with E-state index in [4.69, 9.17) is 47.0 Å². The van der Waals surface area contributed by atoms with Crippen LogP contribution in [0.15, 0.2) is 40.9 Å². The average Bonchev–Trinajstić information content (AvgIpc) is 2.71. The number of rotatable bonds is 2. The van der Waals surface area contributed by atoms with Crippen LogP contribution in [0.25, 0.3) is 0 Å². The summed E-state index contributed by atoms with van der Waals surface area (Å²) in [6, 6.07) is 9.67. The molecule has 4 rings (SSSR count). The first-order valence-electron chi connectivity index (χ1n) is 9.53. The van der Waals surface area contributed by atoms with Gasteiger partial charge in [-0.2, -0.15) is 0 Å². The molecule has 0 aromatic heterocycles. The number of thiocarbonyl (C=S) groups is 1. The van der Waals surface area contributed by atoms with Crippen LogP contribution in [0.1, 0.15) is 23.7 Å². The predicted octanol–water partition coefficient (Wildman–Crippen LogP) is 5.55. The molecule has 2 aliphatic heterocycles. The van der Waals surface area contributed by atoms with Crippen LogP contribution < -0.4 is 10.2 Å². The Morgan fingerprint density at radius 2 is 1.87 bits per heavy atom. The van der Waals surface area contributed by atoms with E-state index in [9.17, 15) is 9.59 Å². The van der Waals surface area contributed by atoms with Crippen molar-refractivity contribution >= 4 is 85.6 Å². The maximum absolute atomic E-state index is 13.4. The number of amides is 2. The summed E-state index contributed by atoms with van der Waals surface area (Å²) < 4.78 is 0.810. The molecule has 10 heteroatoms. The van der Waals surface area contributed by atoms with E-state index in [-0.39, 0.29) is 34.9 Å². The third kappa shape index (κ3) is 4.31. The second kappa shape index (κ2) is 8.87. The van der Waals surface area contributed by atoms with Crippen LogP contribution in [-0.4, -0.2) is 40.5 Å². The van der Waals surface area contributed by atoms with Crippen molar-refractivity contribution in [1.29, 1.82) is 0 Å². The number of hydrogen-bond acceptors (Lipinski definition) is 3. The van der Waals surface area contributed by atoms with Gasteiger partial charge in [0.05, 0.1) is 32.7 Å². The van der Waals surface area contributed by atoms with E-state index < -0.39 is 0 Å². The van der Waals surface area contributed by atoms with E-state index >= 15 is 0 Å². The number of carbonyl (C=O) groups excluding carboxylic acids is 2. The summed E-state index contributed by atoms with van der Waals surface area (Å²) in [6.07, 6.45) is 0.497. The van der Waals surface area contributed by atoms with Crippen molar-refractivity contribution < 1.29 is 9.59 Å². The highest BCUT2D eigenvalue weighted by Crippen LogP contribution is 2.35. The number of piperidine rings is 1. The number of anilines is 1. The summed E-state index contributed by atoms with van der Waals surface area (Å²) in [5.74, 6) is -0.617. The van der Waals surface area contributed by atoms with E-state index in [0.29, 0.717) is 39.3 Å². The first kappa shape index (κ1) is 22.8. The molecule has 31 heavy (non-hydrogen) atoms. The molecule has 0 bridgehead atoms. The maximum atomic E-state index is 13.4. The van der Waals surface area contributed by atoms with Gasteiger partial charge in [-0.25, -0.2) is 0 Å². The van der Waals surface area contributed by atoms with E-state index in [1.807, 2.05) is 13.0 Å². The standard InChI is InChI=1S/C21H17BrCl3N3O2S/c1-10-6-13-17(9-27(10)19(29)11-2-4-14(23)15(24)7-11)26-21(31)28(20(13)30)18-5-3-12(22)8-16(18)25/h2-5,7-8,10,13,17H,6,9H2,1H3,(H,26,31)/t10-,13?,17?/m1/s1. The summed E-state index contributed by atoms with van der Waals surface area (Å²) >= 11 is 27.3. The lowest BCUT2D eigenvalue weighted by molar-refractivity contribution is -0.125. The van der Waals surface area contributed by atoms with Gasteiger partial charge in [0.25, 0.3) is 5.91 Å². The maximum Gasteiger partial charge on any atom is 0.254 e. The lowest BCUT2D eigenvalue weighted by atomic mass is 9.84. The lowest BCUT2D eigenvalue weighted by Gasteiger charge is -2.47. The third-order valence-electron chi connectivity index (χ3n) is 5.63. The molecule has 0 radical (unpaired) electrons. The minimum atomic E-state index is -0.334. The monoisotopic (exact) mass is 559 g/mol. The Hall–Kier alpha value is -1.38. The Kier molecular flexibility index (Phi) is 6.52. The highest BCUT2D eigenvalue weighted by atomic mass is 79.9. The highest BCUT2D eigenvalue weighted by molar-refractivity contribution is 9.10. The molecule has 2 aromatic rings. The quantitative estimate of drug-likeness (QED) is 0.489. The highest BCUT2D eigenvalue weighted by Gasteiger charge is 2.46. The zero-order chi connectivity index (χ0) is 22.4. The molecule has 2 fully saturated rings. The second-order valence-electron chi connectivity index (χ2n) is 7.60. The molecule has 2 unspecified atom stereocenters. The molecule has 2 aliphatic rings. The van der Waals surface area contributed by atoms with Crippen LogP contribution in [0, 0.1) is 5.92 Å². The van der Waals surface area contributed by atoms with Crippen LogP contribution in [0.5, 0.6) is 0 Å². The molecular formula is C21H17BrCl3N3O2S. The Bertz CT molecular complexity index is 1100. The molecule has 2 amide bonds. The molecule has 2 heterocycles. The van der Waals surface area contributed by atoms with Crippen LogP contribution in [0.3, 0.4) is 0 Å². The van der Waals surface area contributed by atoms with Crippen LogP contribution in [0.4, 0.5) is 5.69 Å². The Morgan fingerprint density at radius 3 is 2.55 bits per heavy atom. The van der Waals surface area contributed by atoms with Gasteiger partial charge in [0.15, 0.2) is 5.11 Å². The zero-order valence-electron chi connectivity index (χ0n) is 16.2. The van der Waals surface area contributed by atoms with Gasteiger partial charge in [-0.1, -0.05) is 50.7 Å². The van der Waals surface area contributed by atoms with Crippen LogP contribution in [0.2, 0.25) is 15.1 Å². The number of nitrogens with zero attached hydrogens (tertiary/aromatic N) is 2. The number of nitrogens with one attached hydrogen (secondary N) is 1. The van der Waals surface area contributed by atoms with Gasteiger partial charge in [0.2, 0.25) is 5.91 Å². The Morgan fingerprint density at radius 1 is 1.13 bits per heavy atom. The summed E-state index contributed by atoms with van der Waals surface area (Å²) in [5.41, 5.74) is 0.987. The molecule has 1 N–H and O–H groups in total. The average molecular weight is 562 g/mol. The fourth-order valence-corrected chi connectivity index (χ4v) is 5.45. The minimum absolute atomic E-state index is 0.119. The number of hydrogen-bond donors (Lipinski definition) is 1. The number of fused-ring (bicyclic) bond motifs is 1. The van der Waals surface area contributed by atoms with E-state index in [0.717, 1.165) is 4.47 Å². The number of halogens is 4. The van der Waals surface area contributed by atoms with E-state index in [1.54, 1.807) is 35.2 Å². The normalized spacial score (nSPS) is 23.5. The fraction of sp³-hybridized carbons (Fsp3) is 0.286. The van der Waals surface area contributed by atoms with Crippen molar-refractivity contribution in [2.45, 2.75) is 25.4 Å². The van der Waals surface area contributed by atoms with E-state index in [2.05, 4.69) is 21.2 Å². The molecule has 5 nitrogen and oxygen atoms in total. The van der Waals surface area contributed by atoms with Gasteiger partial charge in [0.1, 0.15) is 0 Å². The van der Waals surface area contributed by atoms with Crippen molar-refractivity contribution in [2.24, 2.45) is 5.92 Å². The van der Waals surface area contributed by atoms with Crippen LogP contribution >= 0.6 is 63.0 Å². The topological polar surface area (TPSA) is 52.7 Å². The zero-order valence-corrected chi connectivity index (χ0v) is 20.9. The van der Waals surface area contributed by atoms with Crippen molar-refractivity contribution in [2.75, 3.05) is 11.4 Å². The first-order chi connectivity index (χ1) is 14.7. The van der Waals surface area contributed by atoms with Gasteiger partial charge in [-0.15, -0.1) is 0 Å². The van der Waals surface area contributed by atoms with Gasteiger partial charge >= 0.3 is 0 Å². The fourth-order valence-electron chi connectivity index (χ4n) is 4.06. The van der Waals surface area contributed by atoms with Gasteiger partial charge in [0, 0.05) is 22.6 Å². The number of likely N-dealkylation sites (tertiary alicyclic amines) is 1. The summed E-state index contributed by atoms with van der Waals surface area (Å²) in [5, 5.41) is 4.65. The SMILES string of the molecule is C[C@@H]1CC2C(=O)N(c3ccc(Br)cc3Cl)C(=S)NC2CN1C(=O)c1ccc(Cl)c(Cl)c1. The van der Waals surface area contributed by atoms with Gasteiger partial charge in [-0.05, 0) is 62.0 Å². The van der Waals surface area contributed by atoms with Gasteiger partial charge < -0.3 is 10.2 Å². The van der Waals surface area contributed by atoms with Crippen molar-refractivity contribution in [3.05, 3.63) is 61.5 Å². The van der Waals surface area contributed by atoms with Crippen molar-refractivity contribution in [1.82, 2.24) is 10.2 Å². The number of carbonyl (C=O) groups is 2. The lowest BCUT2D eigenvalue weighted by Crippen LogP contribution is -2.67. The summed E-state index contributed by atoms with van der Waals surface area (Å²) in [7, 11) is 0. The second-order valence-corrected chi connectivity index (χ2v) is 10.1. The molecule has 0 spiro atoms. The van der Waals surface area contributed by atoms with Gasteiger partial charge in [-0.3, -0.25) is 14.5 Å². The molecular weight excluding hydrogens is 545 g/mol. The minimum Gasteiger partial charge on any atom is -0.357 e. The van der Waals surface area contributed by atoms with E-state index in [1.165, 1.54) is 4.90 Å². The van der Waals surface area contributed by atoms with Crippen molar-refractivity contribution in [3.63, 3.8) is 0 Å². The third-order valence-corrected chi connectivity index (χ3v) is 7.47. The molecule has 3 atom stereocenters. The summed E-state index contributed by atoms with van der Waals surface area (Å²) in [4.78, 5) is 29.7. The molecule has 0 aliphatic carbocycles. The number of benzene rings is 2. The molecule has 2 saturated heterocycles. The largest absolute Gasteiger partial charge is 0.357 e. The molecule has 162 valence electrons. The van der Waals surface area contributed by atoms with Crippen molar-refractivity contribution in [3.8, 4) is 0 Å². The molecule has 0 saturated carbocycles. The first-order valence-corrected chi connectivity index (χ1v) is 11.9.